The molecule has 132 valence electrons. The summed E-state index contributed by atoms with van der Waals surface area (Å²) in [6.07, 6.45) is 4.45. The number of piperidine rings is 1. The number of rotatable bonds is 2. The molecule has 1 aliphatic heterocycles. The maximum Gasteiger partial charge on any atom is 0.410 e. The van der Waals surface area contributed by atoms with Crippen LogP contribution in [0.25, 0.3) is 0 Å². The van der Waals surface area contributed by atoms with Crippen LogP contribution in [0.15, 0.2) is 24.3 Å². The Hall–Kier alpha value is -1.71. The Labute approximate surface area is 145 Å². The van der Waals surface area contributed by atoms with Crippen LogP contribution in [0.1, 0.15) is 52.0 Å². The van der Waals surface area contributed by atoms with Crippen LogP contribution in [0.5, 0.6) is 0 Å². The van der Waals surface area contributed by atoms with Gasteiger partial charge in [0.05, 0.1) is 0 Å². The Morgan fingerprint density at radius 2 is 1.75 bits per heavy atom. The molecular formula is C20H30N2O2. The second kappa shape index (κ2) is 6.30. The smallest absolute Gasteiger partial charge is 0.410 e. The Balaban J connectivity index is 1.45. The lowest BCUT2D eigenvalue weighted by Crippen LogP contribution is -2.53. The van der Waals surface area contributed by atoms with Crippen molar-refractivity contribution < 1.29 is 9.53 Å². The molecule has 0 atom stereocenters. The van der Waals surface area contributed by atoms with Gasteiger partial charge in [0.2, 0.25) is 0 Å². The van der Waals surface area contributed by atoms with Crippen LogP contribution in [0, 0.1) is 12.3 Å². The van der Waals surface area contributed by atoms with Crippen molar-refractivity contribution in [3.05, 3.63) is 29.8 Å². The van der Waals surface area contributed by atoms with Crippen molar-refractivity contribution in [2.45, 2.75) is 65.0 Å². The van der Waals surface area contributed by atoms with Gasteiger partial charge >= 0.3 is 6.09 Å². The molecular weight excluding hydrogens is 300 g/mol. The molecule has 3 rings (SSSR count). The summed E-state index contributed by atoms with van der Waals surface area (Å²) in [5, 5.41) is 3.64. The van der Waals surface area contributed by atoms with Gasteiger partial charge in [-0.3, -0.25) is 0 Å². The van der Waals surface area contributed by atoms with E-state index in [0.717, 1.165) is 25.9 Å². The van der Waals surface area contributed by atoms with E-state index in [0.29, 0.717) is 11.5 Å². The lowest BCUT2D eigenvalue weighted by Gasteiger charge is -2.52. The van der Waals surface area contributed by atoms with E-state index in [9.17, 15) is 4.79 Å². The highest BCUT2D eigenvalue weighted by Gasteiger charge is 2.46. The normalized spacial score (nSPS) is 20.6. The molecule has 1 amide bonds. The second-order valence-electron chi connectivity index (χ2n) is 8.58. The molecule has 1 spiro atoms. The van der Waals surface area contributed by atoms with Crippen molar-refractivity contribution in [3.8, 4) is 0 Å². The van der Waals surface area contributed by atoms with Crippen LogP contribution in [-0.4, -0.2) is 35.7 Å². The van der Waals surface area contributed by atoms with Crippen LogP contribution >= 0.6 is 0 Å². The lowest BCUT2D eigenvalue weighted by molar-refractivity contribution is -0.00859. The number of hydrogen-bond donors (Lipinski definition) is 1. The van der Waals surface area contributed by atoms with E-state index in [2.05, 4.69) is 36.5 Å². The fraction of sp³-hybridized carbons (Fsp3) is 0.650. The van der Waals surface area contributed by atoms with E-state index in [1.807, 2.05) is 25.7 Å². The minimum Gasteiger partial charge on any atom is -0.444 e. The van der Waals surface area contributed by atoms with Crippen LogP contribution in [-0.2, 0) is 4.74 Å². The van der Waals surface area contributed by atoms with Crippen molar-refractivity contribution in [2.75, 3.05) is 18.4 Å². The van der Waals surface area contributed by atoms with Gasteiger partial charge in [0.15, 0.2) is 0 Å². The van der Waals surface area contributed by atoms with Crippen molar-refractivity contribution in [3.63, 3.8) is 0 Å². The van der Waals surface area contributed by atoms with Gasteiger partial charge in [-0.25, -0.2) is 4.79 Å². The van der Waals surface area contributed by atoms with Gasteiger partial charge in [-0.2, -0.15) is 0 Å². The molecule has 0 aromatic heterocycles. The zero-order valence-corrected chi connectivity index (χ0v) is 15.4. The highest BCUT2D eigenvalue weighted by Crippen LogP contribution is 2.50. The number of nitrogens with one attached hydrogen (secondary N) is 1. The first-order chi connectivity index (χ1) is 11.2. The molecule has 2 fully saturated rings. The van der Waals surface area contributed by atoms with Crippen LogP contribution in [0.4, 0.5) is 10.5 Å². The zero-order valence-electron chi connectivity index (χ0n) is 15.4. The minimum atomic E-state index is -0.411. The number of anilines is 1. The number of carbonyl (C=O) groups excluding carboxylic acids is 1. The Morgan fingerprint density at radius 3 is 2.29 bits per heavy atom. The molecule has 0 bridgehead atoms. The van der Waals surface area contributed by atoms with Gasteiger partial charge in [-0.1, -0.05) is 17.7 Å². The van der Waals surface area contributed by atoms with Gasteiger partial charge in [-0.15, -0.1) is 0 Å². The number of ether oxygens (including phenoxy) is 1. The highest BCUT2D eigenvalue weighted by atomic mass is 16.6. The quantitative estimate of drug-likeness (QED) is 0.862. The lowest BCUT2D eigenvalue weighted by atomic mass is 9.60. The Morgan fingerprint density at radius 1 is 1.17 bits per heavy atom. The predicted octanol–water partition coefficient (Wildman–Crippen LogP) is 4.59. The molecule has 1 N–H and O–H groups in total. The van der Waals surface area contributed by atoms with Crippen molar-refractivity contribution in [2.24, 2.45) is 5.41 Å². The largest absolute Gasteiger partial charge is 0.444 e. The third-order valence-corrected chi connectivity index (χ3v) is 5.26. The summed E-state index contributed by atoms with van der Waals surface area (Å²) in [5.74, 6) is 0. The summed E-state index contributed by atoms with van der Waals surface area (Å²) in [6.45, 7) is 9.52. The Bertz CT molecular complexity index is 573. The van der Waals surface area contributed by atoms with E-state index in [-0.39, 0.29) is 6.09 Å². The number of aryl methyl sites for hydroxylation is 1. The number of hydrogen-bond acceptors (Lipinski definition) is 3. The first-order valence-corrected chi connectivity index (χ1v) is 9.06. The molecule has 1 saturated heterocycles. The average Bonchev–Trinajstić information content (AvgIpc) is 2.47. The molecule has 2 aliphatic rings. The predicted molar refractivity (Wildman–Crippen MR) is 97.3 cm³/mol. The summed E-state index contributed by atoms with van der Waals surface area (Å²) >= 11 is 0. The molecule has 24 heavy (non-hydrogen) atoms. The van der Waals surface area contributed by atoms with Crippen molar-refractivity contribution in [1.82, 2.24) is 4.90 Å². The van der Waals surface area contributed by atoms with Gasteiger partial charge < -0.3 is 15.0 Å². The van der Waals surface area contributed by atoms with Crippen molar-refractivity contribution >= 4 is 11.8 Å². The standard InChI is InChI=1S/C20H30N2O2/c1-15-5-7-16(8-6-15)21-17-13-20(14-17)9-11-22(12-10-20)18(23)24-19(2,3)4/h5-8,17,21H,9-14H2,1-4H3. The fourth-order valence-electron chi connectivity index (χ4n) is 3.87. The number of likely N-dealkylation sites (tertiary alicyclic amines) is 1. The fourth-order valence-corrected chi connectivity index (χ4v) is 3.87. The van der Waals surface area contributed by atoms with E-state index >= 15 is 0 Å². The second-order valence-corrected chi connectivity index (χ2v) is 8.58. The molecule has 1 saturated carbocycles. The van der Waals surface area contributed by atoms with Gasteiger partial charge in [0.25, 0.3) is 0 Å². The molecule has 1 aromatic carbocycles. The number of benzene rings is 1. The van der Waals surface area contributed by atoms with Crippen molar-refractivity contribution in [1.29, 1.82) is 0 Å². The SMILES string of the molecule is Cc1ccc(NC2CC3(CCN(C(=O)OC(C)(C)C)CC3)C2)cc1. The summed E-state index contributed by atoms with van der Waals surface area (Å²) in [5.41, 5.74) is 2.53. The number of amides is 1. The van der Waals surface area contributed by atoms with Crippen LogP contribution < -0.4 is 5.32 Å². The van der Waals surface area contributed by atoms with E-state index in [1.54, 1.807) is 0 Å². The molecule has 4 nitrogen and oxygen atoms in total. The maximum atomic E-state index is 12.2. The maximum absolute atomic E-state index is 12.2. The van der Waals surface area contributed by atoms with Crippen LogP contribution in [0.2, 0.25) is 0 Å². The van der Waals surface area contributed by atoms with E-state index in [4.69, 9.17) is 4.74 Å². The third-order valence-electron chi connectivity index (χ3n) is 5.26. The van der Waals surface area contributed by atoms with E-state index in [1.165, 1.54) is 24.1 Å². The molecule has 1 aromatic rings. The molecule has 1 aliphatic carbocycles. The highest BCUT2D eigenvalue weighted by molar-refractivity contribution is 5.68. The summed E-state index contributed by atoms with van der Waals surface area (Å²) < 4.78 is 5.48. The topological polar surface area (TPSA) is 41.6 Å². The van der Waals surface area contributed by atoms with Gasteiger partial charge in [0.1, 0.15) is 5.60 Å². The zero-order chi connectivity index (χ0) is 17.4. The molecule has 1 heterocycles. The van der Waals surface area contributed by atoms with E-state index < -0.39 is 5.60 Å². The average molecular weight is 330 g/mol. The Kier molecular flexibility index (Phi) is 4.50. The summed E-state index contributed by atoms with van der Waals surface area (Å²) in [7, 11) is 0. The summed E-state index contributed by atoms with van der Waals surface area (Å²) in [4.78, 5) is 14.0. The third kappa shape index (κ3) is 4.03. The molecule has 4 heteroatoms. The monoisotopic (exact) mass is 330 g/mol. The molecule has 0 unspecified atom stereocenters. The number of carbonyl (C=O) groups is 1. The first-order valence-electron chi connectivity index (χ1n) is 9.06. The minimum absolute atomic E-state index is 0.161. The van der Waals surface area contributed by atoms with Gasteiger partial charge in [0, 0.05) is 24.8 Å². The first kappa shape index (κ1) is 17.1. The van der Waals surface area contributed by atoms with Crippen LogP contribution in [0.3, 0.4) is 0 Å². The summed E-state index contributed by atoms with van der Waals surface area (Å²) in [6, 6.07) is 9.18. The molecule has 0 radical (unpaired) electrons. The number of nitrogens with zero attached hydrogens (tertiary/aromatic N) is 1. The van der Waals surface area contributed by atoms with Gasteiger partial charge in [-0.05, 0) is 70.9 Å².